The number of carbonyl (C=O) groups excluding carboxylic acids is 1. The Bertz CT molecular complexity index is 159. The zero-order chi connectivity index (χ0) is 11.0. The molecule has 84 valence electrons. The highest BCUT2D eigenvalue weighted by Gasteiger charge is 2.12. The molecule has 0 spiro atoms. The molecule has 0 aliphatic rings. The third-order valence-corrected chi connectivity index (χ3v) is 1.99. The molecule has 0 saturated heterocycles. The van der Waals surface area contributed by atoms with Gasteiger partial charge < -0.3 is 16.8 Å². The van der Waals surface area contributed by atoms with Gasteiger partial charge in [-0.25, -0.2) is 0 Å². The van der Waals surface area contributed by atoms with Gasteiger partial charge in [0.15, 0.2) is 0 Å². The van der Waals surface area contributed by atoms with Gasteiger partial charge in [0.25, 0.3) is 0 Å². The number of nitrogens with one attached hydrogen (secondary N) is 1. The summed E-state index contributed by atoms with van der Waals surface area (Å²) in [6, 6.07) is -0.375. The summed E-state index contributed by atoms with van der Waals surface area (Å²) in [5.41, 5.74) is 11.0. The van der Waals surface area contributed by atoms with E-state index in [1.807, 2.05) is 0 Å². The smallest absolute Gasteiger partial charge is 0.236 e. The van der Waals surface area contributed by atoms with Gasteiger partial charge >= 0.3 is 0 Å². The topological polar surface area (TPSA) is 81.1 Å². The highest BCUT2D eigenvalue weighted by atomic mass is 16.2. The molecule has 0 bridgehead atoms. The number of rotatable bonds is 7. The molecule has 0 saturated carbocycles. The monoisotopic (exact) mass is 201 g/mol. The first-order valence-corrected chi connectivity index (χ1v) is 5.31. The Kier molecular flexibility index (Phi) is 7.42. The third-order valence-electron chi connectivity index (χ3n) is 1.99. The molecule has 0 aliphatic heterocycles. The molecule has 0 unspecified atom stereocenters. The fourth-order valence-electron chi connectivity index (χ4n) is 1.08. The first kappa shape index (κ1) is 13.4. The van der Waals surface area contributed by atoms with Gasteiger partial charge in [-0.2, -0.15) is 0 Å². The highest BCUT2D eigenvalue weighted by Crippen LogP contribution is 1.98. The van der Waals surface area contributed by atoms with Crippen LogP contribution in [0.4, 0.5) is 0 Å². The molecule has 0 aromatic carbocycles. The summed E-state index contributed by atoms with van der Waals surface area (Å²) in [7, 11) is 0. The Morgan fingerprint density at radius 2 is 2.00 bits per heavy atom. The van der Waals surface area contributed by atoms with E-state index in [4.69, 9.17) is 11.5 Å². The molecule has 0 fully saturated rings. The minimum absolute atomic E-state index is 0.0456. The lowest BCUT2D eigenvalue weighted by molar-refractivity contribution is -0.122. The molecular weight excluding hydrogens is 178 g/mol. The second-order valence-electron chi connectivity index (χ2n) is 4.03. The van der Waals surface area contributed by atoms with Crippen LogP contribution < -0.4 is 16.8 Å². The van der Waals surface area contributed by atoms with Gasteiger partial charge in [-0.1, -0.05) is 20.3 Å². The Hall–Kier alpha value is -0.610. The van der Waals surface area contributed by atoms with Gasteiger partial charge in [0.1, 0.15) is 0 Å². The minimum Gasteiger partial charge on any atom is -0.354 e. The minimum atomic E-state index is -0.375. The molecule has 14 heavy (non-hydrogen) atoms. The van der Waals surface area contributed by atoms with Crippen LogP contribution in [0.5, 0.6) is 0 Å². The maximum absolute atomic E-state index is 11.4. The van der Waals surface area contributed by atoms with Crippen LogP contribution in [0.15, 0.2) is 0 Å². The fraction of sp³-hybridized carbons (Fsp3) is 0.900. The van der Waals surface area contributed by atoms with Crippen LogP contribution in [-0.2, 0) is 4.79 Å². The first-order valence-electron chi connectivity index (χ1n) is 5.31. The summed E-state index contributed by atoms with van der Waals surface area (Å²) in [4.78, 5) is 11.4. The van der Waals surface area contributed by atoms with E-state index in [2.05, 4.69) is 19.2 Å². The summed E-state index contributed by atoms with van der Waals surface area (Å²) in [6.07, 6.45) is 2.58. The van der Waals surface area contributed by atoms with Gasteiger partial charge in [-0.3, -0.25) is 4.79 Å². The van der Waals surface area contributed by atoms with Crippen molar-refractivity contribution < 1.29 is 4.79 Å². The Morgan fingerprint density at radius 3 is 2.50 bits per heavy atom. The van der Waals surface area contributed by atoms with E-state index in [9.17, 15) is 4.79 Å². The zero-order valence-corrected chi connectivity index (χ0v) is 9.25. The molecule has 0 aliphatic carbocycles. The van der Waals surface area contributed by atoms with Crippen molar-refractivity contribution in [3.63, 3.8) is 0 Å². The van der Waals surface area contributed by atoms with Crippen LogP contribution in [0.2, 0.25) is 0 Å². The number of nitrogens with two attached hydrogens (primary N) is 2. The first-order chi connectivity index (χ1) is 6.57. The predicted octanol–water partition coefficient (Wildman–Crippen LogP) is 0.215. The quantitative estimate of drug-likeness (QED) is 0.515. The summed E-state index contributed by atoms with van der Waals surface area (Å²) in [6.45, 7) is 5.48. The van der Waals surface area contributed by atoms with Crippen LogP contribution in [0.1, 0.15) is 33.1 Å². The second-order valence-corrected chi connectivity index (χ2v) is 4.03. The van der Waals surface area contributed by atoms with E-state index in [0.29, 0.717) is 19.0 Å². The number of hydrogen-bond donors (Lipinski definition) is 3. The van der Waals surface area contributed by atoms with Gasteiger partial charge in [0, 0.05) is 6.54 Å². The summed E-state index contributed by atoms with van der Waals surface area (Å²) >= 11 is 0. The Labute approximate surface area is 86.4 Å². The van der Waals surface area contributed by atoms with Gasteiger partial charge in [0.05, 0.1) is 6.04 Å². The third kappa shape index (κ3) is 6.86. The summed E-state index contributed by atoms with van der Waals surface area (Å²) in [5, 5.41) is 2.81. The maximum atomic E-state index is 11.4. The lowest BCUT2D eigenvalue weighted by Crippen LogP contribution is -2.41. The van der Waals surface area contributed by atoms with Gasteiger partial charge in [-0.15, -0.1) is 0 Å². The predicted molar refractivity (Wildman–Crippen MR) is 58.7 cm³/mol. The van der Waals surface area contributed by atoms with Crippen molar-refractivity contribution in [2.24, 2.45) is 17.4 Å². The normalized spacial score (nSPS) is 12.9. The molecule has 4 heteroatoms. The van der Waals surface area contributed by atoms with E-state index in [1.165, 1.54) is 0 Å². The van der Waals surface area contributed by atoms with Crippen molar-refractivity contribution >= 4 is 5.91 Å². The molecular formula is C10H23N3O. The highest BCUT2D eigenvalue weighted by molar-refractivity contribution is 5.81. The van der Waals surface area contributed by atoms with Crippen LogP contribution in [0.25, 0.3) is 0 Å². The summed E-state index contributed by atoms with van der Waals surface area (Å²) < 4.78 is 0. The molecule has 0 aromatic rings. The lowest BCUT2D eigenvalue weighted by atomic mass is 10.1. The Balaban J connectivity index is 3.54. The van der Waals surface area contributed by atoms with E-state index < -0.39 is 0 Å². The average molecular weight is 201 g/mol. The van der Waals surface area contributed by atoms with Crippen molar-refractivity contribution in [1.82, 2.24) is 5.32 Å². The molecule has 0 rings (SSSR count). The maximum Gasteiger partial charge on any atom is 0.236 e. The molecule has 0 radical (unpaired) electrons. The molecule has 0 aromatic heterocycles. The SMILES string of the molecule is CC(C)CNC(=O)[C@@H](N)CCCCN. The van der Waals surface area contributed by atoms with Crippen LogP contribution in [-0.4, -0.2) is 25.0 Å². The van der Waals surface area contributed by atoms with E-state index >= 15 is 0 Å². The van der Waals surface area contributed by atoms with Crippen LogP contribution >= 0.6 is 0 Å². The number of unbranched alkanes of at least 4 members (excludes halogenated alkanes) is 1. The van der Waals surface area contributed by atoms with Crippen molar-refractivity contribution in [3.05, 3.63) is 0 Å². The van der Waals surface area contributed by atoms with Gasteiger partial charge in [0.2, 0.25) is 5.91 Å². The molecule has 0 heterocycles. The molecule has 4 nitrogen and oxygen atoms in total. The average Bonchev–Trinajstić information content (AvgIpc) is 2.14. The number of hydrogen-bond acceptors (Lipinski definition) is 3. The Morgan fingerprint density at radius 1 is 1.36 bits per heavy atom. The number of amides is 1. The lowest BCUT2D eigenvalue weighted by Gasteiger charge is -2.13. The largest absolute Gasteiger partial charge is 0.354 e. The van der Waals surface area contributed by atoms with Crippen LogP contribution in [0.3, 0.4) is 0 Å². The van der Waals surface area contributed by atoms with Crippen LogP contribution in [0, 0.1) is 5.92 Å². The van der Waals surface area contributed by atoms with Crippen molar-refractivity contribution in [2.45, 2.75) is 39.2 Å². The standard InChI is InChI=1S/C10H23N3O/c1-8(2)7-13-10(14)9(12)5-3-4-6-11/h8-9H,3-7,11-12H2,1-2H3,(H,13,14)/t9-/m0/s1. The molecule has 1 atom stereocenters. The number of carbonyl (C=O) groups is 1. The van der Waals surface area contributed by atoms with E-state index in [0.717, 1.165) is 19.3 Å². The van der Waals surface area contributed by atoms with Crippen molar-refractivity contribution in [1.29, 1.82) is 0 Å². The van der Waals surface area contributed by atoms with E-state index in [1.54, 1.807) is 0 Å². The van der Waals surface area contributed by atoms with Crippen molar-refractivity contribution in [2.75, 3.05) is 13.1 Å². The second kappa shape index (κ2) is 7.76. The van der Waals surface area contributed by atoms with Crippen molar-refractivity contribution in [3.8, 4) is 0 Å². The molecule has 1 amide bonds. The fourth-order valence-corrected chi connectivity index (χ4v) is 1.08. The molecule has 5 N–H and O–H groups in total. The van der Waals surface area contributed by atoms with Gasteiger partial charge in [-0.05, 0) is 25.3 Å². The van der Waals surface area contributed by atoms with E-state index in [-0.39, 0.29) is 11.9 Å². The summed E-state index contributed by atoms with van der Waals surface area (Å²) in [5.74, 6) is 0.422. The zero-order valence-electron chi connectivity index (χ0n) is 9.25.